The molecule has 0 saturated heterocycles. The quantitative estimate of drug-likeness (QED) is 0.0598. The molecule has 3 aromatic carbocycles. The van der Waals surface area contributed by atoms with Gasteiger partial charge < -0.3 is 0 Å². The van der Waals surface area contributed by atoms with Crippen molar-refractivity contribution >= 4 is 44.2 Å². The second kappa shape index (κ2) is 17.9. The number of rotatable bonds is 20. The van der Waals surface area contributed by atoms with E-state index in [0.717, 1.165) is 0 Å². The third kappa shape index (κ3) is 9.79. The molecule has 5 rings (SSSR count). The lowest BCUT2D eigenvalue weighted by Gasteiger charge is -2.07. The number of thiophene rings is 2. The molecular formula is C42H54S2. The Morgan fingerprint density at radius 2 is 0.750 bits per heavy atom. The molecule has 0 aliphatic rings. The molecule has 0 saturated carbocycles. The van der Waals surface area contributed by atoms with Crippen molar-refractivity contribution in [1.82, 2.24) is 0 Å². The Hall–Kier alpha value is -2.42. The minimum Gasteiger partial charge on any atom is -0.140 e. The zero-order valence-corrected chi connectivity index (χ0v) is 29.1. The highest BCUT2D eigenvalue weighted by atomic mass is 32.1. The molecular weight excluding hydrogens is 569 g/mol. The van der Waals surface area contributed by atoms with Crippen molar-refractivity contribution in [3.05, 3.63) is 82.6 Å². The fourth-order valence-corrected chi connectivity index (χ4v) is 8.60. The topological polar surface area (TPSA) is 0 Å². The van der Waals surface area contributed by atoms with Crippen LogP contribution in [-0.2, 0) is 12.8 Å². The Balaban J connectivity index is 1.15. The van der Waals surface area contributed by atoms with Crippen molar-refractivity contribution in [1.29, 1.82) is 0 Å². The van der Waals surface area contributed by atoms with Crippen LogP contribution in [0.15, 0.2) is 72.8 Å². The molecule has 0 aliphatic carbocycles. The molecule has 0 aliphatic heterocycles. The molecule has 2 heteroatoms. The number of benzene rings is 3. The highest BCUT2D eigenvalue weighted by molar-refractivity contribution is 7.15. The standard InChI is InChI=1S/C42H54S2/c1-3-5-7-9-11-13-15-17-19-39-25-27-41(43-39)35-23-21-33-30-38-32-36(24-22-34(38)29-37(33)31-35)42-28-26-40(44-42)20-18-16-14-12-10-8-6-4-2/h21-32H,3-20H2,1-2H3. The summed E-state index contributed by atoms with van der Waals surface area (Å²) in [5, 5.41) is 5.33. The van der Waals surface area contributed by atoms with Gasteiger partial charge in [-0.15, -0.1) is 22.7 Å². The van der Waals surface area contributed by atoms with Gasteiger partial charge in [0.15, 0.2) is 0 Å². The van der Waals surface area contributed by atoms with E-state index in [1.807, 2.05) is 22.7 Å². The summed E-state index contributed by atoms with van der Waals surface area (Å²) >= 11 is 3.97. The fraction of sp³-hybridized carbons (Fsp3) is 0.476. The van der Waals surface area contributed by atoms with E-state index in [0.29, 0.717) is 0 Å². The Morgan fingerprint density at radius 1 is 0.364 bits per heavy atom. The van der Waals surface area contributed by atoms with Gasteiger partial charge in [0.25, 0.3) is 0 Å². The minimum atomic E-state index is 1.23. The monoisotopic (exact) mass is 622 g/mol. The van der Waals surface area contributed by atoms with E-state index in [2.05, 4.69) is 86.6 Å². The molecule has 5 aromatic rings. The largest absolute Gasteiger partial charge is 0.140 e. The molecule has 0 fully saturated rings. The maximum Gasteiger partial charge on any atom is 0.0345 e. The van der Waals surface area contributed by atoms with Crippen LogP contribution in [0.3, 0.4) is 0 Å². The first-order valence-electron chi connectivity index (χ1n) is 17.9. The molecule has 44 heavy (non-hydrogen) atoms. The number of hydrogen-bond donors (Lipinski definition) is 0. The summed E-state index contributed by atoms with van der Waals surface area (Å²) in [6, 6.07) is 28.2. The number of fused-ring (bicyclic) bond motifs is 2. The maximum atomic E-state index is 2.39. The third-order valence-corrected chi connectivity index (χ3v) is 11.6. The van der Waals surface area contributed by atoms with Gasteiger partial charge in [-0.25, -0.2) is 0 Å². The molecule has 0 N–H and O–H groups in total. The molecule has 0 nitrogen and oxygen atoms in total. The molecule has 0 spiro atoms. The summed E-state index contributed by atoms with van der Waals surface area (Å²) in [5.74, 6) is 0. The lowest BCUT2D eigenvalue weighted by Crippen LogP contribution is -1.83. The number of unbranched alkanes of at least 4 members (excludes halogenated alkanes) is 14. The summed E-state index contributed by atoms with van der Waals surface area (Å²) < 4.78 is 0. The molecule has 2 heterocycles. The zero-order valence-electron chi connectivity index (χ0n) is 27.5. The van der Waals surface area contributed by atoms with Crippen LogP contribution in [0.1, 0.15) is 126 Å². The molecule has 0 radical (unpaired) electrons. The summed E-state index contributed by atoms with van der Waals surface area (Å²) in [7, 11) is 0. The Labute approximate surface area is 275 Å². The van der Waals surface area contributed by atoms with E-state index in [1.165, 1.54) is 168 Å². The lowest BCUT2D eigenvalue weighted by atomic mass is 9.99. The van der Waals surface area contributed by atoms with Crippen LogP contribution in [0.2, 0.25) is 0 Å². The first kappa shape index (κ1) is 33.0. The van der Waals surface area contributed by atoms with E-state index in [4.69, 9.17) is 0 Å². The Bertz CT molecular complexity index is 1430. The summed E-state index contributed by atoms with van der Waals surface area (Å²) in [5.41, 5.74) is 2.70. The van der Waals surface area contributed by atoms with Crippen molar-refractivity contribution in [2.75, 3.05) is 0 Å². The van der Waals surface area contributed by atoms with Gasteiger partial charge in [-0.2, -0.15) is 0 Å². The van der Waals surface area contributed by atoms with Crippen LogP contribution < -0.4 is 0 Å². The van der Waals surface area contributed by atoms with E-state index in [1.54, 1.807) is 0 Å². The minimum absolute atomic E-state index is 1.23. The predicted molar refractivity (Wildman–Crippen MR) is 201 cm³/mol. The lowest BCUT2D eigenvalue weighted by molar-refractivity contribution is 0.576. The summed E-state index contributed by atoms with van der Waals surface area (Å²) in [6.45, 7) is 4.59. The second-order valence-corrected chi connectivity index (χ2v) is 15.3. The van der Waals surface area contributed by atoms with Crippen LogP contribution in [0.5, 0.6) is 0 Å². The predicted octanol–water partition coefficient (Wildman–Crippen LogP) is 14.8. The molecule has 2 aromatic heterocycles. The van der Waals surface area contributed by atoms with Gasteiger partial charge in [0, 0.05) is 19.5 Å². The van der Waals surface area contributed by atoms with Crippen molar-refractivity contribution in [3.63, 3.8) is 0 Å². The average molecular weight is 623 g/mol. The fourth-order valence-electron chi connectivity index (χ4n) is 6.51. The van der Waals surface area contributed by atoms with Crippen LogP contribution in [0.25, 0.3) is 42.4 Å². The number of aryl methyl sites for hydroxylation is 2. The first-order chi connectivity index (χ1) is 21.7. The zero-order chi connectivity index (χ0) is 30.4. The highest BCUT2D eigenvalue weighted by Gasteiger charge is 2.08. The van der Waals surface area contributed by atoms with E-state index >= 15 is 0 Å². The van der Waals surface area contributed by atoms with Crippen molar-refractivity contribution < 1.29 is 0 Å². The maximum absolute atomic E-state index is 2.39. The van der Waals surface area contributed by atoms with Crippen LogP contribution >= 0.6 is 22.7 Å². The molecule has 0 bridgehead atoms. The molecule has 0 unspecified atom stereocenters. The average Bonchev–Trinajstić information content (AvgIpc) is 3.72. The van der Waals surface area contributed by atoms with Crippen molar-refractivity contribution in [2.45, 2.75) is 129 Å². The van der Waals surface area contributed by atoms with Gasteiger partial charge in [-0.3, -0.25) is 0 Å². The molecule has 0 amide bonds. The summed E-state index contributed by atoms with van der Waals surface area (Å²) in [6.07, 6.45) is 24.6. The number of hydrogen-bond acceptors (Lipinski definition) is 2. The molecule has 0 atom stereocenters. The van der Waals surface area contributed by atoms with E-state index in [-0.39, 0.29) is 0 Å². The van der Waals surface area contributed by atoms with Gasteiger partial charge in [0.05, 0.1) is 0 Å². The summed E-state index contributed by atoms with van der Waals surface area (Å²) in [4.78, 5) is 5.87. The van der Waals surface area contributed by atoms with Gasteiger partial charge >= 0.3 is 0 Å². The van der Waals surface area contributed by atoms with Crippen molar-refractivity contribution in [3.8, 4) is 20.9 Å². The smallest absolute Gasteiger partial charge is 0.0345 e. The van der Waals surface area contributed by atoms with Crippen molar-refractivity contribution in [2.24, 2.45) is 0 Å². The van der Waals surface area contributed by atoms with Gasteiger partial charge in [0.2, 0.25) is 0 Å². The van der Waals surface area contributed by atoms with Crippen LogP contribution in [0.4, 0.5) is 0 Å². The second-order valence-electron chi connectivity index (χ2n) is 13.0. The Kier molecular flexibility index (Phi) is 13.4. The van der Waals surface area contributed by atoms with Crippen LogP contribution in [-0.4, -0.2) is 0 Å². The SMILES string of the molecule is CCCCCCCCCCc1ccc(-c2ccc3cc4cc(-c5ccc(CCCCCCCCCC)s5)ccc4cc3c2)s1. The van der Waals surface area contributed by atoms with Gasteiger partial charge in [0.1, 0.15) is 0 Å². The van der Waals surface area contributed by atoms with Crippen LogP contribution in [0, 0.1) is 0 Å². The van der Waals surface area contributed by atoms with Gasteiger partial charge in [-0.1, -0.05) is 128 Å². The Morgan fingerprint density at radius 3 is 1.16 bits per heavy atom. The van der Waals surface area contributed by atoms with Gasteiger partial charge in [-0.05, 0) is 107 Å². The van der Waals surface area contributed by atoms with E-state index < -0.39 is 0 Å². The molecule has 234 valence electrons. The van der Waals surface area contributed by atoms with E-state index in [9.17, 15) is 0 Å². The third-order valence-electron chi connectivity index (χ3n) is 9.24. The first-order valence-corrected chi connectivity index (χ1v) is 19.5. The highest BCUT2D eigenvalue weighted by Crippen LogP contribution is 2.35. The normalized spacial score (nSPS) is 11.7.